The summed E-state index contributed by atoms with van der Waals surface area (Å²) >= 11 is 6.13. The van der Waals surface area contributed by atoms with Crippen LogP contribution in [0.5, 0.6) is 0 Å². The number of rotatable bonds is 5. The van der Waals surface area contributed by atoms with Crippen molar-refractivity contribution in [2.45, 2.75) is 6.54 Å². The van der Waals surface area contributed by atoms with Crippen LogP contribution in [0.4, 0.5) is 0 Å². The first-order valence-corrected chi connectivity index (χ1v) is 8.46. The molecular formula is C19H13ClN4O3. The van der Waals surface area contributed by atoms with E-state index in [1.54, 1.807) is 12.1 Å². The van der Waals surface area contributed by atoms with Crippen LogP contribution in [0.3, 0.4) is 0 Å². The minimum absolute atomic E-state index is 0.0627. The standard InChI is InChI=1S/C19H13ClN4O3/c20-14-9-5-4-8-13(14)15-10-16(27-24-15)18(25)21-11-17-22-23-19(26-17)12-6-2-1-3-7-12/h1-10H,11H2,(H,21,25). The quantitative estimate of drug-likeness (QED) is 0.563. The number of carbonyl (C=O) groups is 1. The van der Waals surface area contributed by atoms with Crippen LogP contribution < -0.4 is 5.32 Å². The third-order valence-corrected chi connectivity index (χ3v) is 4.10. The lowest BCUT2D eigenvalue weighted by molar-refractivity contribution is 0.0910. The van der Waals surface area contributed by atoms with Gasteiger partial charge in [-0.05, 0) is 18.2 Å². The van der Waals surface area contributed by atoms with Crippen molar-refractivity contribution in [3.63, 3.8) is 0 Å². The third kappa shape index (κ3) is 3.73. The van der Waals surface area contributed by atoms with Gasteiger partial charge in [-0.15, -0.1) is 10.2 Å². The van der Waals surface area contributed by atoms with Crippen molar-refractivity contribution in [1.29, 1.82) is 0 Å². The van der Waals surface area contributed by atoms with E-state index in [0.29, 0.717) is 22.2 Å². The average Bonchev–Trinajstić information content (AvgIpc) is 3.37. The van der Waals surface area contributed by atoms with Gasteiger partial charge in [0.1, 0.15) is 5.69 Å². The maximum absolute atomic E-state index is 12.3. The molecule has 1 N–H and O–H groups in total. The summed E-state index contributed by atoms with van der Waals surface area (Å²) in [5.74, 6) is 0.293. The van der Waals surface area contributed by atoms with Gasteiger partial charge in [-0.2, -0.15) is 0 Å². The van der Waals surface area contributed by atoms with Crippen molar-refractivity contribution in [1.82, 2.24) is 20.7 Å². The predicted octanol–water partition coefficient (Wildman–Crippen LogP) is 3.98. The fraction of sp³-hybridized carbons (Fsp3) is 0.0526. The Morgan fingerprint density at radius 1 is 1.04 bits per heavy atom. The number of benzene rings is 2. The fourth-order valence-electron chi connectivity index (χ4n) is 2.44. The van der Waals surface area contributed by atoms with Gasteiger partial charge in [0.25, 0.3) is 5.91 Å². The zero-order chi connectivity index (χ0) is 18.6. The van der Waals surface area contributed by atoms with Crippen LogP contribution in [0.2, 0.25) is 5.02 Å². The zero-order valence-corrected chi connectivity index (χ0v) is 14.7. The first kappa shape index (κ1) is 17.0. The smallest absolute Gasteiger partial charge is 0.290 e. The summed E-state index contributed by atoms with van der Waals surface area (Å²) in [6.45, 7) is 0.0702. The molecule has 2 aromatic carbocycles. The highest BCUT2D eigenvalue weighted by Crippen LogP contribution is 2.27. The number of amides is 1. The molecule has 0 fully saturated rings. The van der Waals surface area contributed by atoms with Gasteiger partial charge < -0.3 is 14.3 Å². The largest absolute Gasteiger partial charge is 0.419 e. The van der Waals surface area contributed by atoms with E-state index in [-0.39, 0.29) is 18.2 Å². The van der Waals surface area contributed by atoms with E-state index >= 15 is 0 Å². The van der Waals surface area contributed by atoms with E-state index in [1.807, 2.05) is 42.5 Å². The Morgan fingerprint density at radius 2 is 1.81 bits per heavy atom. The Morgan fingerprint density at radius 3 is 2.63 bits per heavy atom. The van der Waals surface area contributed by atoms with E-state index in [1.165, 1.54) is 6.07 Å². The van der Waals surface area contributed by atoms with Crippen LogP contribution in [0.25, 0.3) is 22.7 Å². The van der Waals surface area contributed by atoms with Crippen LogP contribution in [0, 0.1) is 0 Å². The van der Waals surface area contributed by atoms with Crippen molar-refractivity contribution in [2.75, 3.05) is 0 Å². The Kier molecular flexibility index (Phi) is 4.67. The number of aromatic nitrogens is 3. The number of nitrogens with zero attached hydrogens (tertiary/aromatic N) is 3. The van der Waals surface area contributed by atoms with Gasteiger partial charge in [-0.1, -0.05) is 53.2 Å². The van der Waals surface area contributed by atoms with E-state index in [2.05, 4.69) is 20.7 Å². The molecule has 0 aliphatic rings. The Labute approximate surface area is 159 Å². The van der Waals surface area contributed by atoms with Gasteiger partial charge in [0.15, 0.2) is 0 Å². The Balaban J connectivity index is 1.42. The molecule has 1 amide bonds. The number of halogens is 1. The van der Waals surface area contributed by atoms with Crippen molar-refractivity contribution >= 4 is 17.5 Å². The molecule has 8 heteroatoms. The Hall–Kier alpha value is -3.45. The average molecular weight is 381 g/mol. The molecule has 0 aliphatic carbocycles. The molecule has 4 rings (SSSR count). The Bertz CT molecular complexity index is 1080. The van der Waals surface area contributed by atoms with Crippen LogP contribution >= 0.6 is 11.6 Å². The summed E-state index contributed by atoms with van der Waals surface area (Å²) in [5, 5.41) is 15.0. The van der Waals surface area contributed by atoms with Crippen molar-refractivity contribution < 1.29 is 13.7 Å². The summed E-state index contributed by atoms with van der Waals surface area (Å²) in [6, 6.07) is 18.1. The molecule has 0 saturated carbocycles. The lowest BCUT2D eigenvalue weighted by Gasteiger charge is -1.98. The van der Waals surface area contributed by atoms with Gasteiger partial charge in [-0.3, -0.25) is 4.79 Å². The number of nitrogens with one attached hydrogen (secondary N) is 1. The van der Waals surface area contributed by atoms with Crippen molar-refractivity contribution in [3.05, 3.63) is 77.3 Å². The van der Waals surface area contributed by atoms with Crippen LogP contribution in [-0.4, -0.2) is 21.3 Å². The zero-order valence-electron chi connectivity index (χ0n) is 13.9. The van der Waals surface area contributed by atoms with E-state index in [4.69, 9.17) is 20.5 Å². The molecule has 4 aromatic rings. The molecule has 0 aliphatic heterocycles. The third-order valence-electron chi connectivity index (χ3n) is 3.77. The summed E-state index contributed by atoms with van der Waals surface area (Å²) in [5.41, 5.74) is 1.98. The second-order valence-electron chi connectivity index (χ2n) is 5.61. The van der Waals surface area contributed by atoms with Gasteiger partial charge in [0, 0.05) is 17.2 Å². The number of hydrogen-bond acceptors (Lipinski definition) is 6. The predicted molar refractivity (Wildman–Crippen MR) is 97.9 cm³/mol. The van der Waals surface area contributed by atoms with Gasteiger partial charge >= 0.3 is 0 Å². The van der Waals surface area contributed by atoms with Crippen molar-refractivity contribution in [3.8, 4) is 22.7 Å². The normalized spacial score (nSPS) is 10.7. The van der Waals surface area contributed by atoms with E-state index < -0.39 is 5.91 Å². The topological polar surface area (TPSA) is 94.1 Å². The molecule has 134 valence electrons. The first-order chi connectivity index (χ1) is 13.2. The van der Waals surface area contributed by atoms with Gasteiger partial charge in [-0.25, -0.2) is 0 Å². The molecule has 7 nitrogen and oxygen atoms in total. The molecule has 0 spiro atoms. The molecule has 0 radical (unpaired) electrons. The maximum Gasteiger partial charge on any atom is 0.290 e. The highest BCUT2D eigenvalue weighted by Gasteiger charge is 2.16. The highest BCUT2D eigenvalue weighted by atomic mass is 35.5. The molecule has 0 bridgehead atoms. The second-order valence-corrected chi connectivity index (χ2v) is 6.01. The molecule has 27 heavy (non-hydrogen) atoms. The first-order valence-electron chi connectivity index (χ1n) is 8.08. The van der Waals surface area contributed by atoms with Gasteiger partial charge in [0.2, 0.25) is 17.5 Å². The molecule has 0 saturated heterocycles. The maximum atomic E-state index is 12.3. The SMILES string of the molecule is O=C(NCc1nnc(-c2ccccc2)o1)c1cc(-c2ccccc2Cl)no1. The lowest BCUT2D eigenvalue weighted by atomic mass is 10.1. The minimum Gasteiger partial charge on any atom is -0.419 e. The highest BCUT2D eigenvalue weighted by molar-refractivity contribution is 6.33. The fourth-order valence-corrected chi connectivity index (χ4v) is 2.68. The van der Waals surface area contributed by atoms with Gasteiger partial charge in [0.05, 0.1) is 11.6 Å². The van der Waals surface area contributed by atoms with Crippen LogP contribution in [0.1, 0.15) is 16.4 Å². The molecular weight excluding hydrogens is 368 g/mol. The summed E-state index contributed by atoms with van der Waals surface area (Å²) in [7, 11) is 0. The number of hydrogen-bond donors (Lipinski definition) is 1. The molecule has 0 atom stereocenters. The monoisotopic (exact) mass is 380 g/mol. The van der Waals surface area contributed by atoms with Crippen molar-refractivity contribution in [2.24, 2.45) is 0 Å². The van der Waals surface area contributed by atoms with Crippen LogP contribution in [-0.2, 0) is 6.54 Å². The molecule has 0 unspecified atom stereocenters. The lowest BCUT2D eigenvalue weighted by Crippen LogP contribution is -2.22. The van der Waals surface area contributed by atoms with Crippen LogP contribution in [0.15, 0.2) is 69.6 Å². The minimum atomic E-state index is -0.444. The summed E-state index contributed by atoms with van der Waals surface area (Å²) in [4.78, 5) is 12.3. The number of carbonyl (C=O) groups excluding carboxylic acids is 1. The second kappa shape index (κ2) is 7.43. The molecule has 2 aromatic heterocycles. The van der Waals surface area contributed by atoms with E-state index in [0.717, 1.165) is 5.56 Å². The summed E-state index contributed by atoms with van der Waals surface area (Å²) < 4.78 is 10.7. The summed E-state index contributed by atoms with van der Waals surface area (Å²) in [6.07, 6.45) is 0. The molecule has 2 heterocycles. The van der Waals surface area contributed by atoms with E-state index in [9.17, 15) is 4.79 Å².